The van der Waals surface area contributed by atoms with Crippen LogP contribution >= 0.6 is 0 Å². The minimum atomic E-state index is -0.509. The molecule has 1 N–H and O–H groups in total. The Morgan fingerprint density at radius 2 is 1.97 bits per heavy atom. The molecule has 30 heavy (non-hydrogen) atoms. The average molecular weight is 410 g/mol. The number of halogens is 1. The van der Waals surface area contributed by atoms with Crippen molar-refractivity contribution in [3.05, 3.63) is 59.5 Å². The van der Waals surface area contributed by atoms with Crippen LogP contribution in [0.2, 0.25) is 0 Å². The van der Waals surface area contributed by atoms with E-state index in [2.05, 4.69) is 10.3 Å². The molecule has 0 atom stereocenters. The Kier molecular flexibility index (Phi) is 6.26. The van der Waals surface area contributed by atoms with Crippen LogP contribution in [0, 0.1) is 11.7 Å². The molecular formula is C23H27FN4O2. The molecule has 4 rings (SSSR count). The number of nitrogens with zero attached hydrogens (tertiary/aromatic N) is 3. The molecule has 2 heterocycles. The fourth-order valence-electron chi connectivity index (χ4n) is 3.77. The third-order valence-electron chi connectivity index (χ3n) is 5.69. The van der Waals surface area contributed by atoms with Gasteiger partial charge < -0.3 is 15.1 Å². The monoisotopic (exact) mass is 410 g/mol. The number of carbonyl (C=O) groups excluding carboxylic acids is 2. The third kappa shape index (κ3) is 4.96. The molecule has 1 aromatic heterocycles. The van der Waals surface area contributed by atoms with Gasteiger partial charge in [-0.2, -0.15) is 0 Å². The minimum absolute atomic E-state index is 0.0843. The highest BCUT2D eigenvalue weighted by atomic mass is 19.1. The molecule has 1 saturated carbocycles. The zero-order valence-corrected chi connectivity index (χ0v) is 17.0. The minimum Gasteiger partial charge on any atom is -0.352 e. The van der Waals surface area contributed by atoms with Crippen molar-refractivity contribution < 1.29 is 14.0 Å². The van der Waals surface area contributed by atoms with E-state index in [9.17, 15) is 14.0 Å². The number of anilines is 1. The lowest BCUT2D eigenvalue weighted by molar-refractivity contribution is 0.0728. The topological polar surface area (TPSA) is 65.5 Å². The number of amides is 2. The summed E-state index contributed by atoms with van der Waals surface area (Å²) in [6.45, 7) is 2.36. The number of hydrogen-bond donors (Lipinski definition) is 1. The summed E-state index contributed by atoms with van der Waals surface area (Å²) in [5, 5.41) is 2.95. The van der Waals surface area contributed by atoms with E-state index in [1.165, 1.54) is 31.4 Å². The van der Waals surface area contributed by atoms with Gasteiger partial charge in [-0.15, -0.1) is 0 Å². The fraction of sp³-hybridized carbons (Fsp3) is 0.435. The molecule has 0 radical (unpaired) electrons. The summed E-state index contributed by atoms with van der Waals surface area (Å²) >= 11 is 0. The Bertz CT molecular complexity index is 898. The molecule has 0 spiro atoms. The van der Waals surface area contributed by atoms with Crippen LogP contribution in [0.3, 0.4) is 0 Å². The van der Waals surface area contributed by atoms with Crippen molar-refractivity contribution in [3.8, 4) is 0 Å². The quantitative estimate of drug-likeness (QED) is 0.710. The lowest BCUT2D eigenvalue weighted by Gasteiger charge is -2.36. The molecular weight excluding hydrogens is 383 g/mol. The first-order valence-corrected chi connectivity index (χ1v) is 10.6. The summed E-state index contributed by atoms with van der Waals surface area (Å²) in [6.07, 6.45) is 7.21. The molecule has 6 nitrogen and oxygen atoms in total. The normalized spacial score (nSPS) is 16.4. The van der Waals surface area contributed by atoms with E-state index in [1.54, 1.807) is 35.4 Å². The van der Waals surface area contributed by atoms with Crippen LogP contribution in [-0.4, -0.2) is 48.0 Å². The van der Waals surface area contributed by atoms with Gasteiger partial charge in [0.1, 0.15) is 11.6 Å². The molecule has 2 amide bonds. The van der Waals surface area contributed by atoms with Crippen molar-refractivity contribution in [2.24, 2.45) is 5.92 Å². The Balaban J connectivity index is 1.33. The molecule has 0 unspecified atom stereocenters. The number of rotatable bonds is 7. The summed E-state index contributed by atoms with van der Waals surface area (Å²) in [5.74, 6) is 0.633. The second kappa shape index (κ2) is 9.24. The van der Waals surface area contributed by atoms with Gasteiger partial charge in [-0.1, -0.05) is 25.0 Å². The van der Waals surface area contributed by atoms with Crippen molar-refractivity contribution in [1.29, 1.82) is 0 Å². The van der Waals surface area contributed by atoms with Gasteiger partial charge in [0.15, 0.2) is 0 Å². The van der Waals surface area contributed by atoms with Crippen molar-refractivity contribution >= 4 is 17.6 Å². The van der Waals surface area contributed by atoms with Gasteiger partial charge in [0, 0.05) is 25.8 Å². The van der Waals surface area contributed by atoms with E-state index >= 15 is 0 Å². The first-order valence-electron chi connectivity index (χ1n) is 10.6. The van der Waals surface area contributed by atoms with E-state index in [0.29, 0.717) is 31.1 Å². The third-order valence-corrected chi connectivity index (χ3v) is 5.69. The molecule has 158 valence electrons. The molecule has 1 aromatic carbocycles. The Morgan fingerprint density at radius 3 is 2.70 bits per heavy atom. The van der Waals surface area contributed by atoms with Crippen LogP contribution in [0.4, 0.5) is 10.2 Å². The molecule has 1 aliphatic carbocycles. The highest BCUT2D eigenvalue weighted by Gasteiger charge is 2.25. The van der Waals surface area contributed by atoms with Gasteiger partial charge in [0.2, 0.25) is 0 Å². The molecule has 1 aliphatic heterocycles. The second-order valence-corrected chi connectivity index (χ2v) is 8.05. The van der Waals surface area contributed by atoms with E-state index in [0.717, 1.165) is 25.3 Å². The number of benzene rings is 1. The summed E-state index contributed by atoms with van der Waals surface area (Å²) < 4.78 is 14.0. The highest BCUT2D eigenvalue weighted by Crippen LogP contribution is 2.33. The summed E-state index contributed by atoms with van der Waals surface area (Å²) in [6, 6.07) is 9.60. The molecule has 2 fully saturated rings. The number of carbonyl (C=O) groups is 2. The zero-order valence-electron chi connectivity index (χ0n) is 17.0. The van der Waals surface area contributed by atoms with Gasteiger partial charge >= 0.3 is 0 Å². The Hall–Kier alpha value is -2.96. The predicted octanol–water partition coefficient (Wildman–Crippen LogP) is 3.45. The van der Waals surface area contributed by atoms with Crippen LogP contribution in [-0.2, 0) is 0 Å². The highest BCUT2D eigenvalue weighted by molar-refractivity contribution is 5.95. The van der Waals surface area contributed by atoms with E-state index in [1.807, 2.05) is 4.90 Å². The van der Waals surface area contributed by atoms with Gasteiger partial charge in [-0.05, 0) is 49.4 Å². The maximum Gasteiger partial charge on any atom is 0.258 e. The number of nitrogens with one attached hydrogen (secondary N) is 1. The molecule has 2 aromatic rings. The standard InChI is InChI=1S/C23H27FN4O2/c24-20-7-2-1-6-19(20)23(30)28-14-4-13-27(16-28)21-11-10-18(15-26-21)22(29)25-12-3-5-17-8-9-17/h1-2,6-7,10-11,15,17H,3-5,8-9,12-14,16H2,(H,25,29). The van der Waals surface area contributed by atoms with Gasteiger partial charge in [0.05, 0.1) is 17.8 Å². The molecule has 0 bridgehead atoms. The first kappa shape index (κ1) is 20.3. The predicted molar refractivity (Wildman–Crippen MR) is 113 cm³/mol. The molecule has 1 saturated heterocycles. The maximum absolute atomic E-state index is 14.0. The zero-order chi connectivity index (χ0) is 20.9. The lowest BCUT2D eigenvalue weighted by atomic mass is 10.1. The van der Waals surface area contributed by atoms with Crippen molar-refractivity contribution in [2.45, 2.75) is 32.1 Å². The van der Waals surface area contributed by atoms with Crippen LogP contribution < -0.4 is 10.2 Å². The van der Waals surface area contributed by atoms with Crippen LogP contribution in [0.25, 0.3) is 0 Å². The van der Waals surface area contributed by atoms with Gasteiger partial charge in [0.25, 0.3) is 11.8 Å². The summed E-state index contributed by atoms with van der Waals surface area (Å²) in [5.41, 5.74) is 0.613. The lowest BCUT2D eigenvalue weighted by Crippen LogP contribution is -2.48. The van der Waals surface area contributed by atoms with Gasteiger partial charge in [-0.25, -0.2) is 9.37 Å². The molecule has 7 heteroatoms. The number of hydrogen-bond acceptors (Lipinski definition) is 4. The van der Waals surface area contributed by atoms with E-state index in [4.69, 9.17) is 0 Å². The van der Waals surface area contributed by atoms with Crippen molar-refractivity contribution in [1.82, 2.24) is 15.2 Å². The van der Waals surface area contributed by atoms with Gasteiger partial charge in [-0.3, -0.25) is 9.59 Å². The summed E-state index contributed by atoms with van der Waals surface area (Å²) in [4.78, 5) is 33.0. The van der Waals surface area contributed by atoms with Crippen LogP contribution in [0.15, 0.2) is 42.6 Å². The largest absolute Gasteiger partial charge is 0.352 e. The fourth-order valence-corrected chi connectivity index (χ4v) is 3.77. The van der Waals surface area contributed by atoms with E-state index < -0.39 is 5.82 Å². The summed E-state index contributed by atoms with van der Waals surface area (Å²) in [7, 11) is 0. The van der Waals surface area contributed by atoms with Crippen LogP contribution in [0.1, 0.15) is 52.8 Å². The smallest absolute Gasteiger partial charge is 0.258 e. The Labute approximate surface area is 176 Å². The van der Waals surface area contributed by atoms with Crippen molar-refractivity contribution in [3.63, 3.8) is 0 Å². The number of pyridine rings is 1. The second-order valence-electron chi connectivity index (χ2n) is 8.05. The SMILES string of the molecule is O=C(NCCCC1CC1)c1ccc(N2CCCN(C(=O)c3ccccc3F)C2)nc1. The van der Waals surface area contributed by atoms with E-state index in [-0.39, 0.29) is 17.4 Å². The van der Waals surface area contributed by atoms with Crippen LogP contribution in [0.5, 0.6) is 0 Å². The van der Waals surface area contributed by atoms with Crippen molar-refractivity contribution in [2.75, 3.05) is 31.2 Å². The maximum atomic E-state index is 14.0. The number of aromatic nitrogens is 1. The Morgan fingerprint density at radius 1 is 1.13 bits per heavy atom. The molecule has 2 aliphatic rings. The average Bonchev–Trinajstić information content (AvgIpc) is 3.61. The first-order chi connectivity index (χ1) is 14.6.